The van der Waals surface area contributed by atoms with Gasteiger partial charge in [-0.25, -0.2) is 13.2 Å². The molecule has 3 aromatic rings. The maximum absolute atomic E-state index is 13.3. The number of hydrogen-bond acceptors (Lipinski definition) is 6. The summed E-state index contributed by atoms with van der Waals surface area (Å²) >= 11 is 6.39. The van der Waals surface area contributed by atoms with Crippen LogP contribution in [0.3, 0.4) is 0 Å². The van der Waals surface area contributed by atoms with E-state index in [1.165, 1.54) is 21.9 Å². The molecule has 13 heteroatoms. The van der Waals surface area contributed by atoms with Crippen LogP contribution in [0.2, 0.25) is 5.02 Å². The van der Waals surface area contributed by atoms with Gasteiger partial charge in [-0.05, 0) is 29.8 Å². The molecule has 4 rings (SSSR count). The molecule has 0 atom stereocenters. The highest BCUT2D eigenvalue weighted by Crippen LogP contribution is 2.32. The first-order valence-electron chi connectivity index (χ1n) is 10.0. The number of rotatable bonds is 4. The Labute approximate surface area is 197 Å². The van der Waals surface area contributed by atoms with E-state index >= 15 is 0 Å². The van der Waals surface area contributed by atoms with Crippen LogP contribution < -0.4 is 4.90 Å². The van der Waals surface area contributed by atoms with Crippen LogP contribution in [0.25, 0.3) is 11.5 Å². The Morgan fingerprint density at radius 3 is 2.35 bits per heavy atom. The molecule has 34 heavy (non-hydrogen) atoms. The van der Waals surface area contributed by atoms with E-state index in [0.29, 0.717) is 11.3 Å². The van der Waals surface area contributed by atoms with Crippen LogP contribution in [0.4, 0.5) is 23.7 Å². The maximum atomic E-state index is 13.3. The Kier molecular flexibility index (Phi) is 6.54. The Hall–Kier alpha value is -3.12. The maximum Gasteiger partial charge on any atom is 0.470 e. The van der Waals surface area contributed by atoms with Crippen molar-refractivity contribution < 1.29 is 30.8 Å². The van der Waals surface area contributed by atoms with E-state index in [-0.39, 0.29) is 53.6 Å². The predicted molar refractivity (Wildman–Crippen MR) is 118 cm³/mol. The molecule has 8 nitrogen and oxygen atoms in total. The van der Waals surface area contributed by atoms with E-state index in [2.05, 4.69) is 14.6 Å². The SMILES string of the molecule is O=C(N1CCS(=O)(=O)CC1)N(Cc1ccc(-c2nnc(C(F)(F)F)o2)cc1Cl)c1ccccc1. The number of halogens is 4. The highest BCUT2D eigenvalue weighted by atomic mass is 35.5. The number of hydrogen-bond donors (Lipinski definition) is 0. The molecule has 180 valence electrons. The largest absolute Gasteiger partial charge is 0.470 e. The van der Waals surface area contributed by atoms with Gasteiger partial charge >= 0.3 is 18.1 Å². The third-order valence-electron chi connectivity index (χ3n) is 5.21. The zero-order chi connectivity index (χ0) is 24.5. The van der Waals surface area contributed by atoms with Crippen LogP contribution in [0.15, 0.2) is 52.9 Å². The number of benzene rings is 2. The molecule has 1 aliphatic rings. The zero-order valence-electron chi connectivity index (χ0n) is 17.5. The molecule has 0 saturated carbocycles. The number of carbonyl (C=O) groups is 1. The summed E-state index contributed by atoms with van der Waals surface area (Å²) in [6.45, 7) is 0.203. The highest BCUT2D eigenvalue weighted by Gasteiger charge is 2.38. The molecule has 2 aromatic carbocycles. The van der Waals surface area contributed by atoms with Gasteiger partial charge in [-0.2, -0.15) is 13.2 Å². The monoisotopic (exact) mass is 514 g/mol. The minimum absolute atomic E-state index is 0.0445. The second-order valence-corrected chi connectivity index (χ2v) is 10.3. The number of sulfone groups is 1. The molecule has 0 N–H and O–H groups in total. The molecule has 0 aliphatic carbocycles. The van der Waals surface area contributed by atoms with Gasteiger partial charge in [0.2, 0.25) is 5.89 Å². The first kappa shape index (κ1) is 24.0. The summed E-state index contributed by atoms with van der Waals surface area (Å²) in [5.41, 5.74) is 1.28. The van der Waals surface area contributed by atoms with Gasteiger partial charge in [0.15, 0.2) is 9.84 Å². The topological polar surface area (TPSA) is 96.6 Å². The fourth-order valence-electron chi connectivity index (χ4n) is 3.39. The molecule has 1 aliphatic heterocycles. The number of alkyl halides is 3. The summed E-state index contributed by atoms with van der Waals surface area (Å²) in [5.74, 6) is -2.03. The van der Waals surface area contributed by atoms with Crippen molar-refractivity contribution in [2.75, 3.05) is 29.5 Å². The van der Waals surface area contributed by atoms with Crippen molar-refractivity contribution in [2.45, 2.75) is 12.7 Å². The van der Waals surface area contributed by atoms with Gasteiger partial charge in [-0.3, -0.25) is 4.90 Å². The molecule has 1 fully saturated rings. The van der Waals surface area contributed by atoms with Crippen molar-refractivity contribution in [2.24, 2.45) is 0 Å². The van der Waals surface area contributed by atoms with E-state index in [1.807, 2.05) is 0 Å². The second kappa shape index (κ2) is 9.26. The zero-order valence-corrected chi connectivity index (χ0v) is 19.1. The van der Waals surface area contributed by atoms with E-state index in [9.17, 15) is 26.4 Å². The minimum atomic E-state index is -4.76. The Bertz CT molecular complexity index is 1280. The molecule has 0 bridgehead atoms. The quantitative estimate of drug-likeness (QED) is 0.516. The second-order valence-electron chi connectivity index (χ2n) is 7.56. The molecule has 1 saturated heterocycles. The smallest absolute Gasteiger partial charge is 0.413 e. The molecule has 0 unspecified atom stereocenters. The predicted octanol–water partition coefficient (Wildman–Crippen LogP) is 4.27. The van der Waals surface area contributed by atoms with Crippen LogP contribution in [0.5, 0.6) is 0 Å². The van der Waals surface area contributed by atoms with Crippen LogP contribution in [-0.4, -0.2) is 54.1 Å². The van der Waals surface area contributed by atoms with Crippen molar-refractivity contribution >= 4 is 33.2 Å². The number of aromatic nitrogens is 2. The fraction of sp³-hybridized carbons (Fsp3) is 0.286. The van der Waals surface area contributed by atoms with Gasteiger partial charge in [-0.1, -0.05) is 35.9 Å². The standard InChI is InChI=1S/C21H18ClF3N4O4S/c22-17-12-14(18-26-27-19(33-18)21(23,24)25)6-7-15(17)13-29(16-4-2-1-3-5-16)20(30)28-8-10-34(31,32)11-9-28/h1-7,12H,8-11,13H2. The van der Waals surface area contributed by atoms with Gasteiger partial charge in [0.1, 0.15) is 0 Å². The highest BCUT2D eigenvalue weighted by molar-refractivity contribution is 7.91. The van der Waals surface area contributed by atoms with Gasteiger partial charge in [-0.15, -0.1) is 10.2 Å². The minimum Gasteiger partial charge on any atom is -0.413 e. The van der Waals surface area contributed by atoms with Gasteiger partial charge in [0.05, 0.1) is 18.1 Å². The van der Waals surface area contributed by atoms with Gasteiger partial charge in [0, 0.05) is 29.4 Å². The van der Waals surface area contributed by atoms with Crippen LogP contribution in [-0.2, 0) is 22.6 Å². The number of nitrogens with zero attached hydrogens (tertiary/aromatic N) is 4. The fourth-order valence-corrected chi connectivity index (χ4v) is 4.83. The third kappa shape index (κ3) is 5.33. The van der Waals surface area contributed by atoms with Crippen LogP contribution >= 0.6 is 11.6 Å². The van der Waals surface area contributed by atoms with E-state index in [0.717, 1.165) is 0 Å². The number of carbonyl (C=O) groups excluding carboxylic acids is 1. The van der Waals surface area contributed by atoms with E-state index in [4.69, 9.17) is 11.6 Å². The number of anilines is 1. The van der Waals surface area contributed by atoms with Crippen LogP contribution in [0.1, 0.15) is 11.5 Å². The van der Waals surface area contributed by atoms with Gasteiger partial charge < -0.3 is 9.32 Å². The Morgan fingerprint density at radius 1 is 1.09 bits per heavy atom. The van der Waals surface area contributed by atoms with Gasteiger partial charge in [0.25, 0.3) is 0 Å². The summed E-state index contributed by atoms with van der Waals surface area (Å²) < 4.78 is 66.4. The van der Waals surface area contributed by atoms with Crippen molar-refractivity contribution in [1.82, 2.24) is 15.1 Å². The van der Waals surface area contributed by atoms with E-state index in [1.54, 1.807) is 36.4 Å². The van der Waals surface area contributed by atoms with Crippen molar-refractivity contribution in [1.29, 1.82) is 0 Å². The third-order valence-corrected chi connectivity index (χ3v) is 7.17. The lowest BCUT2D eigenvalue weighted by atomic mass is 10.1. The molecule has 0 spiro atoms. The van der Waals surface area contributed by atoms with Crippen molar-refractivity contribution in [3.8, 4) is 11.5 Å². The lowest BCUT2D eigenvalue weighted by Gasteiger charge is -2.33. The van der Waals surface area contributed by atoms with Crippen LogP contribution in [0, 0.1) is 0 Å². The first-order valence-corrected chi connectivity index (χ1v) is 12.2. The molecule has 2 heterocycles. The number of amides is 2. The lowest BCUT2D eigenvalue weighted by Crippen LogP contribution is -2.49. The molecular weight excluding hydrogens is 497 g/mol. The average molecular weight is 515 g/mol. The summed E-state index contributed by atoms with van der Waals surface area (Å²) in [7, 11) is -3.17. The Morgan fingerprint density at radius 2 is 1.76 bits per heavy atom. The molecule has 2 amide bonds. The van der Waals surface area contributed by atoms with Crippen molar-refractivity contribution in [3.05, 3.63) is 65.0 Å². The lowest BCUT2D eigenvalue weighted by molar-refractivity contribution is -0.156. The number of urea groups is 1. The summed E-state index contributed by atoms with van der Waals surface area (Å²) in [6, 6.07) is 12.8. The summed E-state index contributed by atoms with van der Waals surface area (Å²) in [6.07, 6.45) is -4.76. The number of para-hydroxylation sites is 1. The summed E-state index contributed by atoms with van der Waals surface area (Å²) in [5, 5.41) is 6.60. The van der Waals surface area contributed by atoms with E-state index < -0.39 is 21.9 Å². The molecule has 0 radical (unpaired) electrons. The van der Waals surface area contributed by atoms with Crippen molar-refractivity contribution in [3.63, 3.8) is 0 Å². The molecular formula is C21H18ClF3N4O4S. The first-order chi connectivity index (χ1) is 16.0. The molecule has 1 aromatic heterocycles. The average Bonchev–Trinajstić information content (AvgIpc) is 3.29. The Balaban J connectivity index is 1.59. The normalized spacial score (nSPS) is 15.8. The summed E-state index contributed by atoms with van der Waals surface area (Å²) in [4.78, 5) is 16.2.